The molecule has 8 aliphatic heterocycles. The molecule has 2 saturated heterocycles. The van der Waals surface area contributed by atoms with Crippen molar-refractivity contribution in [2.24, 2.45) is 5.73 Å². The van der Waals surface area contributed by atoms with Crippen molar-refractivity contribution in [1.29, 1.82) is 0 Å². The van der Waals surface area contributed by atoms with Gasteiger partial charge in [-0.25, -0.2) is 4.79 Å². The smallest absolute Gasteiger partial charge is 0.335 e. The number of aryl methyl sites for hydroxylation is 1. The third-order valence-corrected chi connectivity index (χ3v) is 14.2. The third kappa shape index (κ3) is 4.75. The van der Waals surface area contributed by atoms with Gasteiger partial charge in [-0.1, -0.05) is 24.3 Å². The molecule has 8 aliphatic rings. The number of piperazine rings is 1. The van der Waals surface area contributed by atoms with Gasteiger partial charge in [0.2, 0.25) is 6.79 Å². The molecule has 8 atom stereocenters. The van der Waals surface area contributed by atoms with E-state index in [1.807, 2.05) is 51.2 Å². The van der Waals surface area contributed by atoms with Crippen LogP contribution in [0, 0.1) is 13.8 Å². The molecule has 4 aromatic rings. The van der Waals surface area contributed by atoms with E-state index in [4.69, 9.17) is 33.8 Å². The van der Waals surface area contributed by atoms with Crippen molar-refractivity contribution in [3.8, 4) is 28.7 Å². The van der Waals surface area contributed by atoms with Gasteiger partial charge in [0.1, 0.15) is 29.4 Å². The molecule has 1 spiro atoms. The minimum absolute atomic E-state index is 0.0141. The zero-order chi connectivity index (χ0) is 39.0. The lowest BCUT2D eigenvalue weighted by atomic mass is 9.78. The fourth-order valence-electron chi connectivity index (χ4n) is 10.7. The average molecular weight is 785 g/mol. The number of para-hydroxylation sites is 1. The maximum absolute atomic E-state index is 15.0. The predicted molar refractivity (Wildman–Crippen MR) is 204 cm³/mol. The molecule has 0 amide bonds. The van der Waals surface area contributed by atoms with Crippen molar-refractivity contribution in [3.63, 3.8) is 0 Å². The summed E-state index contributed by atoms with van der Waals surface area (Å²) >= 11 is 1.48. The fraction of sp³-hybridized carbons (Fsp3) is 0.463. The highest BCUT2D eigenvalue weighted by atomic mass is 32.2. The number of ether oxygens (including phenoxy) is 5. The van der Waals surface area contributed by atoms with Crippen molar-refractivity contribution >= 4 is 34.7 Å². The number of phenols is 1. The van der Waals surface area contributed by atoms with Crippen LogP contribution in [0.3, 0.4) is 0 Å². The lowest BCUT2D eigenvalue weighted by Gasteiger charge is -2.60. The van der Waals surface area contributed by atoms with Crippen LogP contribution in [-0.2, 0) is 32.7 Å². The van der Waals surface area contributed by atoms with Crippen molar-refractivity contribution in [1.82, 2.24) is 15.1 Å². The molecule has 56 heavy (non-hydrogen) atoms. The highest BCUT2D eigenvalue weighted by Gasteiger charge is 2.64. The maximum atomic E-state index is 15.0. The van der Waals surface area contributed by atoms with Crippen LogP contribution in [0.25, 0.3) is 11.0 Å². The van der Waals surface area contributed by atoms with E-state index in [9.17, 15) is 19.8 Å². The molecule has 1 aromatic heterocycles. The SMILES string of the molecule is COc1c(C)cc2c(c1O)[C@H]1[C@@H]3[C@@H]4SC[C@]5(N[C@H](CN)Cc6c5oc5ccccc65)C(=O)OCC(c5c6c(c(C)c(OC(C)=O)c54)OCO6)N3C(O)(C2)CN1C. The quantitative estimate of drug-likeness (QED) is 0.174. The minimum atomic E-state index is -1.52. The number of hydrogen-bond donors (Lipinski definition) is 4. The number of aliphatic hydroxyl groups is 1. The second-order valence-corrected chi connectivity index (χ2v) is 17.1. The number of hydrogen-bond acceptors (Lipinski definition) is 15. The summed E-state index contributed by atoms with van der Waals surface area (Å²) in [5.74, 6) is 1.17. The van der Waals surface area contributed by atoms with Gasteiger partial charge in [0, 0.05) is 77.5 Å². The number of esters is 2. The number of benzene rings is 3. The lowest BCUT2D eigenvalue weighted by molar-refractivity contribution is -0.215. The standard InChI is InChI=1S/C41H44N4O10S/c1-18-10-21-12-40(49)15-44(4)30(27(21)32(47)33(18)50-5)31-37-29-28(36-35(52-17-53-36)19(2)34(29)54-20(3)46)25(45(31)40)14-51-39(48)41(16-56-37)38-24(11-22(13-42)43-41)23-8-6-7-9-26(23)55-38/h6-10,22,25,30-31,37,43,47,49H,11-17,42H2,1-5H3/t22-,25?,30-,31+,37+,40?,41+/m0/s1. The minimum Gasteiger partial charge on any atom is -0.504 e. The molecule has 9 heterocycles. The van der Waals surface area contributed by atoms with E-state index in [0.29, 0.717) is 63.0 Å². The van der Waals surface area contributed by atoms with Gasteiger partial charge in [-0.15, -0.1) is 11.8 Å². The van der Waals surface area contributed by atoms with Crippen LogP contribution in [0.4, 0.5) is 0 Å². The van der Waals surface area contributed by atoms with Gasteiger partial charge in [-0.2, -0.15) is 0 Å². The summed E-state index contributed by atoms with van der Waals surface area (Å²) in [6.07, 6.45) is 0.730. The number of furan rings is 1. The second-order valence-electron chi connectivity index (χ2n) is 15.9. The molecular weight excluding hydrogens is 741 g/mol. The Morgan fingerprint density at radius 1 is 1.12 bits per heavy atom. The van der Waals surface area contributed by atoms with Crippen LogP contribution in [0.15, 0.2) is 34.7 Å². The first kappa shape index (κ1) is 35.9. The number of nitrogens with two attached hydrogens (primary N) is 1. The van der Waals surface area contributed by atoms with Gasteiger partial charge in [0.05, 0.1) is 24.4 Å². The van der Waals surface area contributed by atoms with E-state index < -0.39 is 46.6 Å². The number of nitrogens with one attached hydrogen (secondary N) is 1. The number of aromatic hydroxyl groups is 1. The first-order valence-corrected chi connectivity index (χ1v) is 20.0. The van der Waals surface area contributed by atoms with E-state index in [0.717, 1.165) is 22.1 Å². The molecule has 0 saturated carbocycles. The Bertz CT molecular complexity index is 2370. The summed E-state index contributed by atoms with van der Waals surface area (Å²) in [6, 6.07) is 7.56. The van der Waals surface area contributed by atoms with Gasteiger partial charge in [-0.3, -0.25) is 19.9 Å². The molecule has 12 rings (SSSR count). The summed E-state index contributed by atoms with van der Waals surface area (Å²) in [7, 11) is 3.48. The fourth-order valence-corrected chi connectivity index (χ4v) is 12.3. The molecule has 2 fully saturated rings. The van der Waals surface area contributed by atoms with Crippen molar-refractivity contribution in [2.75, 3.05) is 46.4 Å². The van der Waals surface area contributed by atoms with Gasteiger partial charge >= 0.3 is 11.9 Å². The lowest BCUT2D eigenvalue weighted by Crippen LogP contribution is -2.70. The Kier molecular flexibility index (Phi) is 8.00. The summed E-state index contributed by atoms with van der Waals surface area (Å²) in [4.78, 5) is 32.1. The number of fused-ring (bicyclic) bond motifs is 8. The van der Waals surface area contributed by atoms with Crippen LogP contribution in [-0.4, -0.2) is 96.2 Å². The number of thioether (sulfide) groups is 1. The molecule has 4 bridgehead atoms. The Hall–Kier alpha value is -4.51. The molecular formula is C41H44N4O10S. The molecule has 15 heteroatoms. The monoisotopic (exact) mass is 784 g/mol. The molecule has 3 aromatic carbocycles. The molecule has 5 N–H and O–H groups in total. The number of phenolic OH excluding ortho intramolecular Hbond substituents is 1. The highest BCUT2D eigenvalue weighted by molar-refractivity contribution is 7.99. The van der Waals surface area contributed by atoms with Gasteiger partial charge in [-0.05, 0) is 44.5 Å². The second kappa shape index (κ2) is 12.5. The molecule has 0 radical (unpaired) electrons. The van der Waals surface area contributed by atoms with Crippen LogP contribution >= 0.6 is 11.8 Å². The Morgan fingerprint density at radius 3 is 2.68 bits per heavy atom. The molecule has 14 nitrogen and oxygen atoms in total. The number of carbonyl (C=O) groups is 2. The van der Waals surface area contributed by atoms with Gasteiger partial charge < -0.3 is 44.0 Å². The topological polar surface area (TPSA) is 178 Å². The first-order chi connectivity index (χ1) is 26.9. The maximum Gasteiger partial charge on any atom is 0.335 e. The molecule has 3 unspecified atom stereocenters. The number of nitrogens with zero attached hydrogens (tertiary/aromatic N) is 2. The number of likely N-dealkylation sites (N-methyl/N-ethyl adjacent to an activating group) is 1. The predicted octanol–water partition coefficient (Wildman–Crippen LogP) is 3.77. The van der Waals surface area contributed by atoms with Crippen LogP contribution in [0.1, 0.15) is 69.0 Å². The Morgan fingerprint density at radius 2 is 1.91 bits per heavy atom. The zero-order valence-corrected chi connectivity index (χ0v) is 32.6. The van der Waals surface area contributed by atoms with Gasteiger partial charge in [0.25, 0.3) is 0 Å². The number of methoxy groups -OCH3 is 1. The van der Waals surface area contributed by atoms with Crippen LogP contribution in [0.2, 0.25) is 0 Å². The molecule has 294 valence electrons. The van der Waals surface area contributed by atoms with Crippen LogP contribution in [0.5, 0.6) is 28.7 Å². The largest absolute Gasteiger partial charge is 0.504 e. The highest BCUT2D eigenvalue weighted by Crippen LogP contribution is 2.65. The summed E-state index contributed by atoms with van der Waals surface area (Å²) in [6.45, 7) is 5.29. The summed E-state index contributed by atoms with van der Waals surface area (Å²) < 4.78 is 37.3. The zero-order valence-electron chi connectivity index (χ0n) is 31.8. The van der Waals surface area contributed by atoms with Crippen molar-refractivity contribution in [2.45, 2.75) is 74.3 Å². The Balaban J connectivity index is 1.26. The average Bonchev–Trinajstić information content (AvgIpc) is 3.76. The van der Waals surface area contributed by atoms with E-state index in [-0.39, 0.29) is 50.5 Å². The summed E-state index contributed by atoms with van der Waals surface area (Å²) in [5.41, 5.74) is 9.04. The molecule has 0 aliphatic carbocycles. The third-order valence-electron chi connectivity index (χ3n) is 12.7. The summed E-state index contributed by atoms with van der Waals surface area (Å²) in [5, 5.41) is 29.2. The Labute approximate surface area is 327 Å². The van der Waals surface area contributed by atoms with Crippen molar-refractivity contribution < 1.29 is 47.9 Å². The van der Waals surface area contributed by atoms with Gasteiger partial charge in [0.15, 0.2) is 28.5 Å². The van der Waals surface area contributed by atoms with Crippen molar-refractivity contribution in [3.05, 3.63) is 75.0 Å². The normalized spacial score (nSPS) is 31.3. The van der Waals surface area contributed by atoms with E-state index >= 15 is 0 Å². The number of rotatable bonds is 3. The number of carbonyl (C=O) groups excluding carboxylic acids is 2. The first-order valence-electron chi connectivity index (χ1n) is 18.9. The van der Waals surface area contributed by atoms with Crippen LogP contribution < -0.4 is 30.0 Å². The van der Waals surface area contributed by atoms with E-state index in [1.165, 1.54) is 25.8 Å². The van der Waals surface area contributed by atoms with E-state index in [2.05, 4.69) is 15.1 Å². The van der Waals surface area contributed by atoms with E-state index in [1.54, 1.807) is 0 Å².